The largest absolute Gasteiger partial charge is 0.493 e. The van der Waals surface area contributed by atoms with Crippen molar-refractivity contribution in [3.8, 4) is 5.75 Å². The van der Waals surface area contributed by atoms with E-state index in [0.717, 1.165) is 18.6 Å². The average Bonchev–Trinajstić information content (AvgIpc) is 3.53. The number of amides is 4. The van der Waals surface area contributed by atoms with Crippen LogP contribution in [0.25, 0.3) is 0 Å². The fourth-order valence-corrected chi connectivity index (χ4v) is 5.52. The third kappa shape index (κ3) is 5.53. The zero-order valence-corrected chi connectivity index (χ0v) is 21.6. The molecule has 40 heavy (non-hydrogen) atoms. The number of nitrogens with zero attached hydrogens (tertiary/aromatic N) is 1. The molecule has 2 atom stereocenters. The van der Waals surface area contributed by atoms with Crippen molar-refractivity contribution >= 4 is 23.6 Å². The van der Waals surface area contributed by atoms with Crippen molar-refractivity contribution in [2.24, 2.45) is 0 Å². The van der Waals surface area contributed by atoms with Gasteiger partial charge in [-0.15, -0.1) is 0 Å². The molecule has 9 nitrogen and oxygen atoms in total. The molecule has 0 saturated carbocycles. The third-order valence-corrected chi connectivity index (χ3v) is 7.74. The molecular weight excluding hydrogens is 529 g/mol. The van der Waals surface area contributed by atoms with Gasteiger partial charge in [-0.3, -0.25) is 24.5 Å². The lowest BCUT2D eigenvalue weighted by molar-refractivity contribution is -0.138. The van der Waals surface area contributed by atoms with E-state index in [-0.39, 0.29) is 50.3 Å². The zero-order valence-electron chi connectivity index (χ0n) is 21.6. The van der Waals surface area contributed by atoms with Gasteiger partial charge in [-0.2, -0.15) is 13.2 Å². The number of carbonyl (C=O) groups is 4. The summed E-state index contributed by atoms with van der Waals surface area (Å²) in [6.07, 6.45) is -2.31. The quantitative estimate of drug-likeness (QED) is 0.429. The van der Waals surface area contributed by atoms with Gasteiger partial charge in [0.15, 0.2) is 0 Å². The summed E-state index contributed by atoms with van der Waals surface area (Å²) in [6, 6.07) is 9.04. The summed E-state index contributed by atoms with van der Waals surface area (Å²) in [5.74, 6) is -0.916. The first-order valence-electron chi connectivity index (χ1n) is 13.2. The van der Waals surface area contributed by atoms with Crippen molar-refractivity contribution in [2.45, 2.75) is 63.0 Å². The highest BCUT2D eigenvalue weighted by Gasteiger charge is 2.42. The predicted molar refractivity (Wildman–Crippen MR) is 136 cm³/mol. The van der Waals surface area contributed by atoms with Gasteiger partial charge in [0.05, 0.1) is 18.7 Å². The highest BCUT2D eigenvalue weighted by Crippen LogP contribution is 2.34. The van der Waals surface area contributed by atoms with E-state index in [4.69, 9.17) is 4.74 Å². The molecule has 3 aliphatic heterocycles. The smallest absolute Gasteiger partial charge is 0.416 e. The molecule has 3 heterocycles. The molecule has 2 unspecified atom stereocenters. The van der Waals surface area contributed by atoms with E-state index >= 15 is 0 Å². The number of alkyl halides is 3. The fraction of sp³-hybridized carbons (Fsp3) is 0.429. The molecule has 0 bridgehead atoms. The van der Waals surface area contributed by atoms with Gasteiger partial charge in [-0.1, -0.05) is 18.2 Å². The first-order chi connectivity index (χ1) is 19.1. The van der Waals surface area contributed by atoms with Gasteiger partial charge in [0.2, 0.25) is 17.7 Å². The maximum absolute atomic E-state index is 13.2. The number of imide groups is 1. The van der Waals surface area contributed by atoms with Gasteiger partial charge in [0.1, 0.15) is 17.3 Å². The lowest BCUT2D eigenvalue weighted by atomic mass is 9.92. The summed E-state index contributed by atoms with van der Waals surface area (Å²) in [5, 5.41) is 8.38. The standard InChI is InChI=1S/C28H29F3N4O5/c29-28(30,31)18-7-5-17(6-8-18)15-32-26(39)27(11-2-13-33-27)12-14-40-22-4-1-3-19-20(22)16-35(25(19)38)21-9-10-23(36)34-24(21)37/h1,3-8,21,33H,2,9-16H2,(H,32,39)(H,34,36,37). The van der Waals surface area contributed by atoms with Crippen LogP contribution >= 0.6 is 0 Å². The highest BCUT2D eigenvalue weighted by molar-refractivity contribution is 6.05. The molecular formula is C28H29F3N4O5. The summed E-state index contributed by atoms with van der Waals surface area (Å²) >= 11 is 0. The first kappa shape index (κ1) is 27.6. The van der Waals surface area contributed by atoms with E-state index in [1.807, 2.05) is 0 Å². The minimum Gasteiger partial charge on any atom is -0.493 e. The first-order valence-corrected chi connectivity index (χ1v) is 13.2. The van der Waals surface area contributed by atoms with E-state index in [9.17, 15) is 32.3 Å². The molecule has 0 radical (unpaired) electrons. The molecule has 2 aromatic carbocycles. The molecule has 2 fully saturated rings. The summed E-state index contributed by atoms with van der Waals surface area (Å²) in [6.45, 7) is 1.08. The summed E-state index contributed by atoms with van der Waals surface area (Å²) in [7, 11) is 0. The van der Waals surface area contributed by atoms with Gasteiger partial charge in [-0.05, 0) is 55.6 Å². The summed E-state index contributed by atoms with van der Waals surface area (Å²) in [4.78, 5) is 51.5. The number of piperidine rings is 1. The van der Waals surface area contributed by atoms with E-state index in [1.165, 1.54) is 17.0 Å². The molecule has 0 spiro atoms. The Labute approximate surface area is 228 Å². The fourth-order valence-electron chi connectivity index (χ4n) is 5.52. The van der Waals surface area contributed by atoms with Crippen LogP contribution in [0, 0.1) is 0 Å². The second-order valence-electron chi connectivity index (χ2n) is 10.3. The number of fused-ring (bicyclic) bond motifs is 1. The van der Waals surface area contributed by atoms with Gasteiger partial charge >= 0.3 is 6.18 Å². The number of hydrogen-bond acceptors (Lipinski definition) is 6. The minimum atomic E-state index is -4.42. The number of benzene rings is 2. The maximum Gasteiger partial charge on any atom is 0.416 e. The number of rotatable bonds is 8. The minimum absolute atomic E-state index is 0.0890. The number of nitrogens with one attached hydrogen (secondary N) is 3. The molecule has 212 valence electrons. The van der Waals surface area contributed by atoms with Crippen LogP contribution in [0.5, 0.6) is 5.75 Å². The molecule has 3 aliphatic rings. The van der Waals surface area contributed by atoms with Crippen LogP contribution in [0.1, 0.15) is 59.2 Å². The van der Waals surface area contributed by atoms with Crippen LogP contribution in [0.3, 0.4) is 0 Å². The normalized spacial score (nSPS) is 22.7. The van der Waals surface area contributed by atoms with Crippen molar-refractivity contribution in [2.75, 3.05) is 13.2 Å². The van der Waals surface area contributed by atoms with Crippen LogP contribution in [0.15, 0.2) is 42.5 Å². The topological polar surface area (TPSA) is 117 Å². The van der Waals surface area contributed by atoms with Gasteiger partial charge in [-0.25, -0.2) is 0 Å². The lowest BCUT2D eigenvalue weighted by Gasteiger charge is -2.29. The highest BCUT2D eigenvalue weighted by atomic mass is 19.4. The second-order valence-corrected chi connectivity index (χ2v) is 10.3. The Morgan fingerprint density at radius 1 is 1.12 bits per heavy atom. The third-order valence-electron chi connectivity index (χ3n) is 7.74. The summed E-state index contributed by atoms with van der Waals surface area (Å²) < 4.78 is 44.5. The maximum atomic E-state index is 13.2. The second kappa shape index (κ2) is 10.9. The van der Waals surface area contributed by atoms with E-state index < -0.39 is 29.2 Å². The number of hydrogen-bond donors (Lipinski definition) is 3. The van der Waals surface area contributed by atoms with Crippen molar-refractivity contribution in [1.29, 1.82) is 0 Å². The van der Waals surface area contributed by atoms with E-state index in [0.29, 0.717) is 41.8 Å². The number of halogens is 3. The van der Waals surface area contributed by atoms with Crippen LogP contribution in [-0.2, 0) is 33.6 Å². The molecule has 3 N–H and O–H groups in total. The lowest BCUT2D eigenvalue weighted by Crippen LogP contribution is -2.54. The Morgan fingerprint density at radius 2 is 1.90 bits per heavy atom. The van der Waals surface area contributed by atoms with Crippen molar-refractivity contribution in [1.82, 2.24) is 20.9 Å². The number of ether oxygens (including phenoxy) is 1. The van der Waals surface area contributed by atoms with Crippen LogP contribution in [0.2, 0.25) is 0 Å². The monoisotopic (exact) mass is 558 g/mol. The number of carbonyl (C=O) groups excluding carboxylic acids is 4. The Kier molecular flexibility index (Phi) is 7.54. The van der Waals surface area contributed by atoms with Crippen LogP contribution < -0.4 is 20.7 Å². The molecule has 0 aromatic heterocycles. The van der Waals surface area contributed by atoms with Crippen LogP contribution in [0.4, 0.5) is 13.2 Å². The van der Waals surface area contributed by atoms with Gasteiger partial charge < -0.3 is 20.3 Å². The Balaban J connectivity index is 1.20. The summed E-state index contributed by atoms with van der Waals surface area (Å²) in [5.41, 5.74) is -0.000262. The van der Waals surface area contributed by atoms with E-state index in [1.54, 1.807) is 18.2 Å². The van der Waals surface area contributed by atoms with Gasteiger partial charge in [0, 0.05) is 30.5 Å². The van der Waals surface area contributed by atoms with Crippen molar-refractivity contribution < 1.29 is 37.1 Å². The Hall–Kier alpha value is -3.93. The predicted octanol–water partition coefficient (Wildman–Crippen LogP) is 2.67. The SMILES string of the molecule is O=C1CCC(N2Cc3c(OCCC4(C(=O)NCc5ccc(C(F)(F)F)cc5)CCCN4)cccc3C2=O)C(=O)N1. The van der Waals surface area contributed by atoms with E-state index in [2.05, 4.69) is 16.0 Å². The molecule has 0 aliphatic carbocycles. The average molecular weight is 559 g/mol. The van der Waals surface area contributed by atoms with Crippen molar-refractivity contribution in [3.63, 3.8) is 0 Å². The molecule has 5 rings (SSSR count). The Morgan fingerprint density at radius 3 is 2.58 bits per heavy atom. The molecule has 2 aromatic rings. The van der Waals surface area contributed by atoms with Crippen molar-refractivity contribution in [3.05, 3.63) is 64.7 Å². The zero-order chi connectivity index (χ0) is 28.5. The molecule has 2 saturated heterocycles. The Bertz CT molecular complexity index is 1320. The van der Waals surface area contributed by atoms with Crippen LogP contribution in [-0.4, -0.2) is 53.3 Å². The molecule has 12 heteroatoms. The molecule has 4 amide bonds. The van der Waals surface area contributed by atoms with Gasteiger partial charge in [0.25, 0.3) is 5.91 Å².